The molecule has 1 aromatic heterocycles. The molecule has 3 aromatic rings. The van der Waals surface area contributed by atoms with Crippen LogP contribution in [-0.4, -0.2) is 66.6 Å². The molecule has 2 N–H and O–H groups in total. The zero-order valence-corrected chi connectivity index (χ0v) is 23.8. The van der Waals surface area contributed by atoms with Crippen molar-refractivity contribution in [2.45, 2.75) is 38.5 Å². The summed E-state index contributed by atoms with van der Waals surface area (Å²) in [4.78, 5) is 43.8. The van der Waals surface area contributed by atoms with Gasteiger partial charge in [-0.2, -0.15) is 0 Å². The maximum atomic E-state index is 13.5. The number of piperidine rings is 3. The van der Waals surface area contributed by atoms with Gasteiger partial charge in [-0.3, -0.25) is 14.9 Å². The molecular formula is C31H36N2O7S. The Hall–Kier alpha value is -3.86. The fraction of sp³-hybridized carbons (Fsp3) is 0.355. The van der Waals surface area contributed by atoms with Gasteiger partial charge in [0.1, 0.15) is 19.1 Å². The van der Waals surface area contributed by atoms with Crippen molar-refractivity contribution in [3.05, 3.63) is 93.7 Å². The molecule has 10 heteroatoms. The van der Waals surface area contributed by atoms with Crippen LogP contribution in [-0.2, 0) is 25.7 Å². The molecule has 6 rings (SSSR count). The number of thiophene rings is 1. The number of esters is 1. The van der Waals surface area contributed by atoms with E-state index in [0.29, 0.717) is 19.0 Å². The number of nitrogens with zero attached hydrogens (tertiary/aromatic N) is 1. The summed E-state index contributed by atoms with van der Waals surface area (Å²) < 4.78 is 6.96. The molecule has 0 radical (unpaired) electrons. The minimum Gasteiger partial charge on any atom is -0.554 e. The average molecular weight is 581 g/mol. The van der Waals surface area contributed by atoms with Crippen LogP contribution in [0.15, 0.2) is 72.1 Å². The maximum absolute atomic E-state index is 13.5. The van der Waals surface area contributed by atoms with Crippen molar-refractivity contribution in [2.75, 3.05) is 26.2 Å². The lowest BCUT2D eigenvalue weighted by Crippen LogP contribution is -2.65. The minimum absolute atomic E-state index is 0.145. The summed E-state index contributed by atoms with van der Waals surface area (Å²) in [5.41, 5.74) is 3.25. The van der Waals surface area contributed by atoms with Crippen molar-refractivity contribution in [2.24, 2.45) is 5.92 Å². The standard InChI is InChI=1S/C29H33N2O3S.2CH2O2/c1-21-9-11-22(12-10-21)18-30-28(24-6-3-2-4-7-24)29(33)34-26-20-31(15-13-23(26)14-16-31)19-25(32)27-8-5-17-35-27;2*2-1-3/h2-12,17,23,26,28,30H,13-16,18-20H2,1H3;2*1H,(H,2,3)/q+1;;/p-1/t23?,26-,28?,31?;;/m0../s1. The van der Waals surface area contributed by atoms with Gasteiger partial charge in [0.15, 0.2) is 6.10 Å². The van der Waals surface area contributed by atoms with Crippen LogP contribution in [0.4, 0.5) is 0 Å². The summed E-state index contributed by atoms with van der Waals surface area (Å²) in [6, 6.07) is 21.4. The van der Waals surface area contributed by atoms with E-state index in [1.54, 1.807) is 0 Å². The highest BCUT2D eigenvalue weighted by molar-refractivity contribution is 7.12. The first-order valence-electron chi connectivity index (χ1n) is 13.4. The molecule has 0 aliphatic carbocycles. The van der Waals surface area contributed by atoms with Gasteiger partial charge in [0, 0.05) is 31.8 Å². The molecule has 1 unspecified atom stereocenters. The minimum atomic E-state index is -0.533. The zero-order valence-electron chi connectivity index (χ0n) is 23.0. The molecule has 0 amide bonds. The molecule has 9 nitrogen and oxygen atoms in total. The van der Waals surface area contributed by atoms with E-state index in [2.05, 4.69) is 36.5 Å². The number of carboxylic acid groups (broad SMARTS) is 2. The van der Waals surface area contributed by atoms with E-state index in [-0.39, 0.29) is 24.3 Å². The molecule has 0 spiro atoms. The summed E-state index contributed by atoms with van der Waals surface area (Å²) in [6.45, 7) is 5.10. The largest absolute Gasteiger partial charge is 0.554 e. The number of carbonyl (C=O) groups is 4. The third-order valence-corrected chi connectivity index (χ3v) is 8.49. The van der Waals surface area contributed by atoms with Gasteiger partial charge in [-0.15, -0.1) is 11.3 Å². The molecule has 3 saturated heterocycles. The fourth-order valence-electron chi connectivity index (χ4n) is 5.52. The highest BCUT2D eigenvalue weighted by Crippen LogP contribution is 2.36. The number of carbonyl (C=O) groups excluding carboxylic acids is 3. The predicted octanol–water partition coefficient (Wildman–Crippen LogP) is 2.99. The third kappa shape index (κ3) is 9.07. The second kappa shape index (κ2) is 15.8. The quantitative estimate of drug-likeness (QED) is 0.171. The van der Waals surface area contributed by atoms with Crippen LogP contribution in [0.2, 0.25) is 0 Å². The second-order valence-electron chi connectivity index (χ2n) is 10.3. The number of nitrogens with one attached hydrogen (secondary N) is 1. The van der Waals surface area contributed by atoms with Crippen molar-refractivity contribution in [1.29, 1.82) is 0 Å². The van der Waals surface area contributed by atoms with Crippen LogP contribution in [0.3, 0.4) is 0 Å². The number of rotatable bonds is 9. The Balaban J connectivity index is 0.000000710. The Labute approximate surface area is 244 Å². The van der Waals surface area contributed by atoms with Gasteiger partial charge in [0.05, 0.1) is 18.0 Å². The molecule has 41 heavy (non-hydrogen) atoms. The SMILES string of the molecule is Cc1ccc(CNC(C(=O)O[C@H]2C[N+]3(CC(=O)c4cccs4)CCC2CC3)c2ccccc2)cc1.O=CO.O=C[O-]. The zero-order chi connectivity index (χ0) is 29.7. The first-order chi connectivity index (χ1) is 19.8. The average Bonchev–Trinajstić information content (AvgIpc) is 3.52. The first-order valence-corrected chi connectivity index (χ1v) is 14.3. The Morgan fingerprint density at radius 2 is 1.71 bits per heavy atom. The molecule has 218 valence electrons. The van der Waals surface area contributed by atoms with Crippen LogP contribution in [0.25, 0.3) is 0 Å². The summed E-state index contributed by atoms with van der Waals surface area (Å²) in [7, 11) is 0. The normalized spacial score (nSPS) is 21.2. The monoisotopic (exact) mass is 580 g/mol. The molecule has 3 fully saturated rings. The number of ketones is 1. The lowest BCUT2D eigenvalue weighted by molar-refractivity contribution is -0.938. The van der Waals surface area contributed by atoms with Crippen LogP contribution in [0.1, 0.15) is 45.2 Å². The topological polar surface area (TPSA) is 133 Å². The van der Waals surface area contributed by atoms with E-state index in [1.807, 2.05) is 47.8 Å². The molecule has 0 saturated carbocycles. The number of hydrogen-bond donors (Lipinski definition) is 2. The summed E-state index contributed by atoms with van der Waals surface area (Å²) in [6.07, 6.45) is 1.86. The summed E-state index contributed by atoms with van der Waals surface area (Å²) in [5.74, 6) is 0.349. The van der Waals surface area contributed by atoms with Crippen molar-refractivity contribution < 1.29 is 38.6 Å². The van der Waals surface area contributed by atoms with E-state index in [9.17, 15) is 9.59 Å². The molecule has 4 heterocycles. The molecule has 2 atom stereocenters. The van der Waals surface area contributed by atoms with Crippen molar-refractivity contribution in [3.8, 4) is 0 Å². The molecule has 2 aromatic carbocycles. The maximum Gasteiger partial charge on any atom is 0.328 e. The second-order valence-corrected chi connectivity index (χ2v) is 11.2. The number of hydrogen-bond acceptors (Lipinski definition) is 8. The van der Waals surface area contributed by atoms with Gasteiger partial charge < -0.3 is 24.2 Å². The molecular weight excluding hydrogens is 544 g/mol. The van der Waals surface area contributed by atoms with E-state index in [1.165, 1.54) is 16.9 Å². The Morgan fingerprint density at radius 3 is 2.29 bits per heavy atom. The summed E-state index contributed by atoms with van der Waals surface area (Å²) in [5, 5.41) is 20.5. The third-order valence-electron chi connectivity index (χ3n) is 7.58. The Morgan fingerprint density at radius 1 is 1.07 bits per heavy atom. The lowest BCUT2D eigenvalue weighted by Gasteiger charge is -2.51. The van der Waals surface area contributed by atoms with Crippen LogP contribution >= 0.6 is 11.3 Å². The van der Waals surface area contributed by atoms with Gasteiger partial charge >= 0.3 is 5.97 Å². The molecule has 3 aliphatic rings. The van der Waals surface area contributed by atoms with Crippen LogP contribution < -0.4 is 10.4 Å². The highest BCUT2D eigenvalue weighted by atomic mass is 32.1. The molecule has 2 bridgehead atoms. The lowest BCUT2D eigenvalue weighted by atomic mass is 9.83. The van der Waals surface area contributed by atoms with Crippen LogP contribution in [0.5, 0.6) is 0 Å². The predicted molar refractivity (Wildman–Crippen MR) is 153 cm³/mol. The highest BCUT2D eigenvalue weighted by Gasteiger charge is 2.49. The number of aryl methyl sites for hydroxylation is 1. The van der Waals surface area contributed by atoms with Gasteiger partial charge in [-0.25, -0.2) is 4.79 Å². The van der Waals surface area contributed by atoms with E-state index < -0.39 is 12.5 Å². The smallest absolute Gasteiger partial charge is 0.328 e. The fourth-order valence-corrected chi connectivity index (χ4v) is 6.18. The molecule has 3 aliphatic heterocycles. The van der Waals surface area contributed by atoms with Crippen molar-refractivity contribution in [1.82, 2.24) is 5.32 Å². The van der Waals surface area contributed by atoms with Gasteiger partial charge in [-0.1, -0.05) is 66.2 Å². The van der Waals surface area contributed by atoms with Crippen molar-refractivity contribution >= 4 is 36.0 Å². The number of benzene rings is 2. The number of Topliss-reactive ketones (excluding diaryl/α,β-unsaturated/α-hetero) is 1. The van der Waals surface area contributed by atoms with Crippen LogP contribution in [0, 0.1) is 12.8 Å². The van der Waals surface area contributed by atoms with Crippen molar-refractivity contribution in [3.63, 3.8) is 0 Å². The Bertz CT molecular complexity index is 1240. The van der Waals surface area contributed by atoms with Gasteiger partial charge in [-0.05, 0) is 29.5 Å². The van der Waals surface area contributed by atoms with E-state index in [0.717, 1.165) is 53.0 Å². The first kappa shape index (κ1) is 31.7. The number of fused-ring (bicyclic) bond motifs is 3. The van der Waals surface area contributed by atoms with Gasteiger partial charge in [0.25, 0.3) is 6.47 Å². The van der Waals surface area contributed by atoms with E-state index >= 15 is 0 Å². The Kier molecular flexibility index (Phi) is 12.2. The number of quaternary nitrogens is 1. The number of ether oxygens (including phenoxy) is 1. The van der Waals surface area contributed by atoms with Gasteiger partial charge in [0.2, 0.25) is 5.78 Å². The summed E-state index contributed by atoms with van der Waals surface area (Å²) >= 11 is 1.51. The van der Waals surface area contributed by atoms with E-state index in [4.69, 9.17) is 24.5 Å².